The molecule has 1 atom stereocenters. The molecule has 0 aromatic heterocycles. The van der Waals surface area contributed by atoms with Crippen LogP contribution in [0.4, 0.5) is 5.69 Å². The van der Waals surface area contributed by atoms with Gasteiger partial charge in [0.05, 0.1) is 10.2 Å². The van der Waals surface area contributed by atoms with Gasteiger partial charge < -0.3 is 0 Å². The zero-order chi connectivity index (χ0) is 12.3. The first-order valence-electron chi connectivity index (χ1n) is 4.47. The molecule has 16 heavy (non-hydrogen) atoms. The molecule has 0 aliphatic carbocycles. The van der Waals surface area contributed by atoms with Crippen LogP contribution in [0, 0.1) is 10.1 Å². The Balaban J connectivity index is 2.81. The molecule has 1 unspecified atom stereocenters. The molecule has 0 saturated carbocycles. The van der Waals surface area contributed by atoms with E-state index >= 15 is 0 Å². The topological polar surface area (TPSA) is 77.3 Å². The summed E-state index contributed by atoms with van der Waals surface area (Å²) in [7, 11) is 1.59. The van der Waals surface area contributed by atoms with E-state index in [1.54, 1.807) is 0 Å². The number of non-ortho nitro benzene ring substituents is 1. The van der Waals surface area contributed by atoms with Gasteiger partial charge in [-0.25, -0.2) is 8.42 Å². The minimum atomic E-state index is -3.59. The molecule has 0 bridgehead atoms. The van der Waals surface area contributed by atoms with Crippen LogP contribution < -0.4 is 0 Å². The predicted molar refractivity (Wildman–Crippen MR) is 61.0 cm³/mol. The summed E-state index contributed by atoms with van der Waals surface area (Å²) in [5.41, 5.74) is 0.674. The minimum absolute atomic E-state index is 0.0230. The molecular weight excluding hydrogens is 254 g/mol. The lowest BCUT2D eigenvalue weighted by atomic mass is 10.1. The number of rotatable bonds is 4. The third-order valence-electron chi connectivity index (χ3n) is 2.15. The molecule has 0 saturated heterocycles. The fourth-order valence-corrected chi connectivity index (χ4v) is 1.77. The van der Waals surface area contributed by atoms with Gasteiger partial charge in [-0.3, -0.25) is 10.1 Å². The number of halogens is 1. The first-order chi connectivity index (χ1) is 7.30. The number of nitrogens with zero attached hydrogens (tertiary/aromatic N) is 1. The molecule has 5 nitrogen and oxygen atoms in total. The smallest absolute Gasteiger partial charge is 0.258 e. The Morgan fingerprint density at radius 3 is 2.25 bits per heavy atom. The van der Waals surface area contributed by atoms with E-state index in [1.165, 1.54) is 31.2 Å². The van der Waals surface area contributed by atoms with E-state index in [-0.39, 0.29) is 12.1 Å². The largest absolute Gasteiger partial charge is 0.269 e. The van der Waals surface area contributed by atoms with Crippen LogP contribution in [-0.4, -0.2) is 18.6 Å². The number of nitro benzene ring substituents is 1. The van der Waals surface area contributed by atoms with E-state index in [0.717, 1.165) is 0 Å². The average Bonchev–Trinajstić information content (AvgIpc) is 2.17. The van der Waals surface area contributed by atoms with Gasteiger partial charge in [-0.2, -0.15) is 0 Å². The second-order valence-electron chi connectivity index (χ2n) is 3.41. The van der Waals surface area contributed by atoms with Crippen LogP contribution in [0.2, 0.25) is 0 Å². The lowest BCUT2D eigenvalue weighted by Crippen LogP contribution is -2.14. The highest BCUT2D eigenvalue weighted by atomic mass is 35.7. The van der Waals surface area contributed by atoms with Crippen LogP contribution in [0.1, 0.15) is 12.5 Å². The Morgan fingerprint density at radius 1 is 1.38 bits per heavy atom. The Labute approximate surface area is 97.6 Å². The summed E-state index contributed by atoms with van der Waals surface area (Å²) in [5.74, 6) is 0. The lowest BCUT2D eigenvalue weighted by molar-refractivity contribution is -0.384. The van der Waals surface area contributed by atoms with Gasteiger partial charge in [-0.05, 0) is 18.9 Å². The monoisotopic (exact) mass is 263 g/mol. The van der Waals surface area contributed by atoms with Crippen molar-refractivity contribution in [2.45, 2.75) is 18.6 Å². The van der Waals surface area contributed by atoms with Crippen molar-refractivity contribution in [3.05, 3.63) is 39.9 Å². The molecule has 0 amide bonds. The van der Waals surface area contributed by atoms with Gasteiger partial charge in [0, 0.05) is 22.8 Å². The summed E-state index contributed by atoms with van der Waals surface area (Å²) in [5, 5.41) is 9.67. The summed E-state index contributed by atoms with van der Waals surface area (Å²) in [6.07, 6.45) is 0.240. The maximum atomic E-state index is 11.0. The second-order valence-corrected chi connectivity index (χ2v) is 6.46. The lowest BCUT2D eigenvalue weighted by Gasteiger charge is -2.06. The molecule has 0 aliphatic heterocycles. The third kappa shape index (κ3) is 3.46. The van der Waals surface area contributed by atoms with E-state index < -0.39 is 19.2 Å². The third-order valence-corrected chi connectivity index (χ3v) is 4.19. The molecule has 0 aliphatic rings. The quantitative estimate of drug-likeness (QED) is 0.473. The number of nitro groups is 1. The highest BCUT2D eigenvalue weighted by molar-refractivity contribution is 8.14. The van der Waals surface area contributed by atoms with Gasteiger partial charge in [-0.1, -0.05) is 12.1 Å². The Kier molecular flexibility index (Phi) is 3.88. The Bertz CT molecular complexity index is 483. The van der Waals surface area contributed by atoms with Crippen LogP contribution in [-0.2, 0) is 15.5 Å². The summed E-state index contributed by atoms with van der Waals surface area (Å²) < 4.78 is 21.9. The summed E-state index contributed by atoms with van der Waals surface area (Å²) in [6.45, 7) is 1.49. The molecule has 0 heterocycles. The molecule has 1 aromatic rings. The van der Waals surface area contributed by atoms with E-state index in [2.05, 4.69) is 0 Å². The van der Waals surface area contributed by atoms with Crippen molar-refractivity contribution in [2.75, 3.05) is 0 Å². The van der Waals surface area contributed by atoms with Gasteiger partial charge in [0.25, 0.3) is 5.69 Å². The number of benzene rings is 1. The van der Waals surface area contributed by atoms with E-state index in [4.69, 9.17) is 10.7 Å². The maximum Gasteiger partial charge on any atom is 0.269 e. The minimum Gasteiger partial charge on any atom is -0.258 e. The van der Waals surface area contributed by atoms with Gasteiger partial charge >= 0.3 is 0 Å². The highest BCUT2D eigenvalue weighted by Crippen LogP contribution is 2.16. The first-order valence-corrected chi connectivity index (χ1v) is 6.85. The van der Waals surface area contributed by atoms with Crippen molar-refractivity contribution in [1.29, 1.82) is 0 Å². The van der Waals surface area contributed by atoms with Gasteiger partial charge in [-0.15, -0.1) is 0 Å². The van der Waals surface area contributed by atoms with Crippen LogP contribution in [0.15, 0.2) is 24.3 Å². The summed E-state index contributed by atoms with van der Waals surface area (Å²) >= 11 is 0. The summed E-state index contributed by atoms with van der Waals surface area (Å²) in [4.78, 5) is 9.87. The molecule has 1 rings (SSSR count). The van der Waals surface area contributed by atoms with Crippen LogP contribution in [0.5, 0.6) is 0 Å². The zero-order valence-electron chi connectivity index (χ0n) is 8.46. The van der Waals surface area contributed by atoms with Crippen molar-refractivity contribution >= 4 is 25.4 Å². The van der Waals surface area contributed by atoms with Crippen LogP contribution in [0.3, 0.4) is 0 Å². The molecule has 0 fully saturated rings. The second kappa shape index (κ2) is 4.80. The molecule has 0 spiro atoms. The number of hydrogen-bond donors (Lipinski definition) is 0. The van der Waals surface area contributed by atoms with Gasteiger partial charge in [0.2, 0.25) is 9.05 Å². The fourth-order valence-electron chi connectivity index (χ4n) is 1.19. The van der Waals surface area contributed by atoms with E-state index in [9.17, 15) is 18.5 Å². The molecule has 7 heteroatoms. The van der Waals surface area contributed by atoms with Crippen molar-refractivity contribution in [3.8, 4) is 0 Å². The van der Waals surface area contributed by atoms with Crippen molar-refractivity contribution in [3.63, 3.8) is 0 Å². The molecule has 0 radical (unpaired) electrons. The molecule has 1 aromatic carbocycles. The summed E-state index contributed by atoms with van der Waals surface area (Å²) in [6, 6.07) is 5.72. The average molecular weight is 264 g/mol. The standard InChI is InChI=1S/C9H10ClNO4S/c1-7(16(10,14)15)6-8-2-4-9(5-3-8)11(12)13/h2-5,7H,6H2,1H3. The fraction of sp³-hybridized carbons (Fsp3) is 0.333. The van der Waals surface area contributed by atoms with Crippen LogP contribution >= 0.6 is 10.7 Å². The van der Waals surface area contributed by atoms with Crippen LogP contribution in [0.25, 0.3) is 0 Å². The first kappa shape index (κ1) is 12.9. The SMILES string of the molecule is CC(Cc1ccc([N+](=O)[O-])cc1)S(=O)(=O)Cl. The zero-order valence-corrected chi connectivity index (χ0v) is 10.0. The van der Waals surface area contributed by atoms with Gasteiger partial charge in [0.1, 0.15) is 0 Å². The maximum absolute atomic E-state index is 11.0. The normalized spacial score (nSPS) is 13.4. The molecular formula is C9H10ClNO4S. The molecule has 0 N–H and O–H groups in total. The van der Waals surface area contributed by atoms with Gasteiger partial charge in [0.15, 0.2) is 0 Å². The predicted octanol–water partition coefficient (Wildman–Crippen LogP) is 2.09. The Morgan fingerprint density at radius 2 is 1.88 bits per heavy atom. The van der Waals surface area contributed by atoms with Crippen molar-refractivity contribution in [1.82, 2.24) is 0 Å². The van der Waals surface area contributed by atoms with E-state index in [1.807, 2.05) is 0 Å². The van der Waals surface area contributed by atoms with Crippen molar-refractivity contribution < 1.29 is 13.3 Å². The highest BCUT2D eigenvalue weighted by Gasteiger charge is 2.18. The number of hydrogen-bond acceptors (Lipinski definition) is 4. The Hall–Kier alpha value is -1.14. The van der Waals surface area contributed by atoms with E-state index in [0.29, 0.717) is 5.56 Å². The van der Waals surface area contributed by atoms with Crippen molar-refractivity contribution in [2.24, 2.45) is 0 Å². The molecule has 88 valence electrons.